The molecule has 1 atom stereocenters. The van der Waals surface area contributed by atoms with E-state index >= 15 is 0 Å². The second-order valence-corrected chi connectivity index (χ2v) is 4.40. The predicted octanol–water partition coefficient (Wildman–Crippen LogP) is 2.25. The lowest BCUT2D eigenvalue weighted by atomic mass is 10.0. The molecule has 2 heterocycles. The van der Waals surface area contributed by atoms with Gasteiger partial charge in [-0.05, 0) is 31.4 Å². The number of hydrogen-bond acceptors (Lipinski definition) is 3. The Morgan fingerprint density at radius 1 is 1.53 bits per heavy atom. The van der Waals surface area contributed by atoms with Gasteiger partial charge in [-0.15, -0.1) is 0 Å². The highest BCUT2D eigenvalue weighted by atomic mass is 35.5. The summed E-state index contributed by atoms with van der Waals surface area (Å²) < 4.78 is 0. The van der Waals surface area contributed by atoms with Gasteiger partial charge in [0, 0.05) is 12.7 Å². The van der Waals surface area contributed by atoms with Crippen LogP contribution in [0.1, 0.15) is 29.6 Å². The molecule has 1 fully saturated rings. The number of rotatable bonds is 1. The fraction of sp³-hybridized carbons (Fsp3) is 0.417. The highest BCUT2D eigenvalue weighted by Gasteiger charge is 2.27. The summed E-state index contributed by atoms with van der Waals surface area (Å²) in [6.45, 7) is 0.639. The first-order valence-electron chi connectivity index (χ1n) is 5.54. The van der Waals surface area contributed by atoms with E-state index in [4.69, 9.17) is 16.9 Å². The fourth-order valence-electron chi connectivity index (χ4n) is 1.98. The van der Waals surface area contributed by atoms with Gasteiger partial charge < -0.3 is 4.90 Å². The van der Waals surface area contributed by atoms with Crippen LogP contribution in [0.5, 0.6) is 0 Å². The first-order valence-corrected chi connectivity index (χ1v) is 5.92. The number of likely N-dealkylation sites (tertiary alicyclic amines) is 1. The Morgan fingerprint density at radius 2 is 2.35 bits per heavy atom. The predicted molar refractivity (Wildman–Crippen MR) is 63.5 cm³/mol. The van der Waals surface area contributed by atoms with Gasteiger partial charge in [0.25, 0.3) is 5.91 Å². The van der Waals surface area contributed by atoms with Crippen LogP contribution in [-0.4, -0.2) is 28.4 Å². The molecule has 1 aromatic heterocycles. The van der Waals surface area contributed by atoms with Crippen molar-refractivity contribution in [2.24, 2.45) is 0 Å². The highest BCUT2D eigenvalue weighted by molar-refractivity contribution is 6.29. The lowest BCUT2D eigenvalue weighted by Crippen LogP contribution is -2.42. The second kappa shape index (κ2) is 5.15. The summed E-state index contributed by atoms with van der Waals surface area (Å²) in [6.07, 6.45) is 4.16. The lowest BCUT2D eigenvalue weighted by Gasteiger charge is -2.31. The third-order valence-electron chi connectivity index (χ3n) is 2.89. The fourth-order valence-corrected chi connectivity index (χ4v) is 2.09. The topological polar surface area (TPSA) is 57.0 Å². The van der Waals surface area contributed by atoms with Crippen molar-refractivity contribution >= 4 is 17.5 Å². The molecule has 1 unspecified atom stereocenters. The minimum absolute atomic E-state index is 0.139. The minimum atomic E-state index is -0.313. The SMILES string of the molecule is N#CC1CCCCN1C(=O)c1ccc(Cl)nc1. The lowest BCUT2D eigenvalue weighted by molar-refractivity contribution is 0.0670. The molecule has 0 aliphatic carbocycles. The molecule has 0 N–H and O–H groups in total. The summed E-state index contributed by atoms with van der Waals surface area (Å²) in [7, 11) is 0. The summed E-state index contributed by atoms with van der Waals surface area (Å²) >= 11 is 5.67. The van der Waals surface area contributed by atoms with Gasteiger partial charge in [0.2, 0.25) is 0 Å². The quantitative estimate of drug-likeness (QED) is 0.718. The Morgan fingerprint density at radius 3 is 3.00 bits per heavy atom. The van der Waals surface area contributed by atoms with E-state index in [2.05, 4.69) is 11.1 Å². The molecule has 17 heavy (non-hydrogen) atoms. The Labute approximate surface area is 105 Å². The maximum Gasteiger partial charge on any atom is 0.256 e. The Hall–Kier alpha value is -1.60. The van der Waals surface area contributed by atoms with Gasteiger partial charge in [0.1, 0.15) is 11.2 Å². The van der Waals surface area contributed by atoms with Crippen LogP contribution < -0.4 is 0 Å². The number of halogens is 1. The Bertz CT molecular complexity index is 452. The van der Waals surface area contributed by atoms with Gasteiger partial charge in [-0.25, -0.2) is 4.98 Å². The van der Waals surface area contributed by atoms with Crippen molar-refractivity contribution in [3.63, 3.8) is 0 Å². The van der Waals surface area contributed by atoms with Gasteiger partial charge in [0.05, 0.1) is 11.6 Å². The van der Waals surface area contributed by atoms with Gasteiger partial charge in [-0.1, -0.05) is 11.6 Å². The van der Waals surface area contributed by atoms with Crippen molar-refractivity contribution in [3.8, 4) is 6.07 Å². The summed E-state index contributed by atoms with van der Waals surface area (Å²) in [6, 6.07) is 5.08. The molecule has 0 aromatic carbocycles. The number of nitriles is 1. The molecule has 0 saturated carbocycles. The maximum absolute atomic E-state index is 12.2. The van der Waals surface area contributed by atoms with Crippen molar-refractivity contribution in [1.29, 1.82) is 5.26 Å². The summed E-state index contributed by atoms with van der Waals surface area (Å²) in [5, 5.41) is 9.38. The minimum Gasteiger partial charge on any atom is -0.323 e. The van der Waals surface area contributed by atoms with E-state index in [1.165, 1.54) is 6.20 Å². The molecule has 1 aromatic rings. The van der Waals surface area contributed by atoms with Crippen molar-refractivity contribution in [2.75, 3.05) is 6.54 Å². The van der Waals surface area contributed by atoms with E-state index in [0.717, 1.165) is 19.3 Å². The standard InChI is InChI=1S/C12H12ClN3O/c13-11-5-4-9(8-15-11)12(17)16-6-2-1-3-10(16)7-14/h4-5,8,10H,1-3,6H2. The van der Waals surface area contributed by atoms with Crippen LogP contribution in [0.2, 0.25) is 5.15 Å². The van der Waals surface area contributed by atoms with Gasteiger partial charge >= 0.3 is 0 Å². The van der Waals surface area contributed by atoms with E-state index in [9.17, 15) is 4.79 Å². The van der Waals surface area contributed by atoms with Crippen LogP contribution in [0.15, 0.2) is 18.3 Å². The number of carbonyl (C=O) groups excluding carboxylic acids is 1. The smallest absolute Gasteiger partial charge is 0.256 e. The van der Waals surface area contributed by atoms with E-state index in [1.54, 1.807) is 17.0 Å². The highest BCUT2D eigenvalue weighted by Crippen LogP contribution is 2.19. The third kappa shape index (κ3) is 2.56. The van der Waals surface area contributed by atoms with Crippen LogP contribution in [0, 0.1) is 11.3 Å². The molecule has 1 amide bonds. The number of amides is 1. The molecule has 0 spiro atoms. The van der Waals surface area contributed by atoms with Gasteiger partial charge in [-0.2, -0.15) is 5.26 Å². The largest absolute Gasteiger partial charge is 0.323 e. The summed E-state index contributed by atoms with van der Waals surface area (Å²) in [5.41, 5.74) is 0.483. The van der Waals surface area contributed by atoms with Crippen LogP contribution in [0.3, 0.4) is 0 Å². The Balaban J connectivity index is 2.18. The van der Waals surface area contributed by atoms with Crippen LogP contribution in [-0.2, 0) is 0 Å². The van der Waals surface area contributed by atoms with E-state index < -0.39 is 0 Å². The molecular formula is C12H12ClN3O. The van der Waals surface area contributed by atoms with Crippen molar-refractivity contribution in [3.05, 3.63) is 29.0 Å². The van der Waals surface area contributed by atoms with E-state index in [-0.39, 0.29) is 11.9 Å². The van der Waals surface area contributed by atoms with E-state index in [1.807, 2.05) is 0 Å². The zero-order chi connectivity index (χ0) is 12.3. The molecule has 88 valence electrons. The summed E-state index contributed by atoms with van der Waals surface area (Å²) in [4.78, 5) is 17.7. The molecule has 1 aliphatic heterocycles. The molecule has 2 rings (SSSR count). The monoisotopic (exact) mass is 249 g/mol. The molecule has 5 heteroatoms. The van der Waals surface area contributed by atoms with Crippen LogP contribution in [0.25, 0.3) is 0 Å². The van der Waals surface area contributed by atoms with Crippen LogP contribution in [0.4, 0.5) is 0 Å². The Kier molecular flexibility index (Phi) is 3.60. The second-order valence-electron chi connectivity index (χ2n) is 4.01. The summed E-state index contributed by atoms with van der Waals surface area (Å²) in [5.74, 6) is -0.139. The molecule has 0 bridgehead atoms. The average Bonchev–Trinajstić information content (AvgIpc) is 2.39. The zero-order valence-corrected chi connectivity index (χ0v) is 10.0. The number of pyridine rings is 1. The molecule has 1 aliphatic rings. The number of piperidine rings is 1. The molecule has 0 radical (unpaired) electrons. The number of carbonyl (C=O) groups is 1. The maximum atomic E-state index is 12.2. The van der Waals surface area contributed by atoms with Gasteiger partial charge in [0.15, 0.2) is 0 Å². The number of aromatic nitrogens is 1. The normalized spacial score (nSPS) is 19.8. The van der Waals surface area contributed by atoms with E-state index in [0.29, 0.717) is 17.3 Å². The zero-order valence-electron chi connectivity index (χ0n) is 9.27. The first-order chi connectivity index (χ1) is 8.22. The molecular weight excluding hydrogens is 238 g/mol. The van der Waals surface area contributed by atoms with Crippen molar-refractivity contribution in [1.82, 2.24) is 9.88 Å². The molecule has 4 nitrogen and oxygen atoms in total. The number of nitrogens with zero attached hydrogens (tertiary/aromatic N) is 3. The van der Waals surface area contributed by atoms with Crippen LogP contribution >= 0.6 is 11.6 Å². The average molecular weight is 250 g/mol. The molecule has 1 saturated heterocycles. The van der Waals surface area contributed by atoms with Crippen molar-refractivity contribution < 1.29 is 4.79 Å². The van der Waals surface area contributed by atoms with Crippen molar-refractivity contribution in [2.45, 2.75) is 25.3 Å². The van der Waals surface area contributed by atoms with Gasteiger partial charge in [-0.3, -0.25) is 4.79 Å². The number of hydrogen-bond donors (Lipinski definition) is 0. The third-order valence-corrected chi connectivity index (χ3v) is 3.11. The first kappa shape index (κ1) is 11.9.